The summed E-state index contributed by atoms with van der Waals surface area (Å²) in [6.45, 7) is 9.62. The van der Waals surface area contributed by atoms with Crippen LogP contribution in [0.5, 0.6) is 0 Å². The topological polar surface area (TPSA) is 3.24 Å². The van der Waals surface area contributed by atoms with Crippen LogP contribution in [0.25, 0.3) is 0 Å². The monoisotopic (exact) mass is 229 g/mol. The lowest BCUT2D eigenvalue weighted by Crippen LogP contribution is -2.39. The summed E-state index contributed by atoms with van der Waals surface area (Å²) in [6.07, 6.45) is 2.60. The summed E-state index contributed by atoms with van der Waals surface area (Å²) < 4.78 is 0. The minimum atomic E-state index is 0.337. The Bertz CT molecular complexity index is 383. The minimum Gasteiger partial charge on any atom is -0.298 e. The highest BCUT2D eigenvalue weighted by Crippen LogP contribution is 2.37. The number of hydrogen-bond acceptors (Lipinski definition) is 1. The summed E-state index contributed by atoms with van der Waals surface area (Å²) in [5.74, 6) is 1.79. The third-order valence-electron chi connectivity index (χ3n) is 4.61. The van der Waals surface area contributed by atoms with Crippen molar-refractivity contribution in [1.29, 1.82) is 0 Å². The summed E-state index contributed by atoms with van der Waals surface area (Å²) in [4.78, 5) is 2.67. The van der Waals surface area contributed by atoms with Crippen LogP contribution in [0.3, 0.4) is 0 Å². The quantitative estimate of drug-likeness (QED) is 0.660. The molecule has 0 amide bonds. The Morgan fingerprint density at radius 3 is 1.82 bits per heavy atom. The summed E-state index contributed by atoms with van der Waals surface area (Å²) in [7, 11) is 0. The van der Waals surface area contributed by atoms with Crippen molar-refractivity contribution in [2.75, 3.05) is 13.1 Å². The van der Waals surface area contributed by atoms with E-state index < -0.39 is 0 Å². The van der Waals surface area contributed by atoms with Gasteiger partial charge in [0.15, 0.2) is 0 Å². The van der Waals surface area contributed by atoms with E-state index in [0.717, 1.165) is 11.8 Å². The molecule has 92 valence electrons. The van der Waals surface area contributed by atoms with Gasteiger partial charge in [0.2, 0.25) is 0 Å². The van der Waals surface area contributed by atoms with Gasteiger partial charge in [-0.25, -0.2) is 0 Å². The summed E-state index contributed by atoms with van der Waals surface area (Å²) in [6, 6.07) is 9.03. The zero-order chi connectivity index (χ0) is 12.0. The predicted molar refractivity (Wildman–Crippen MR) is 72.2 cm³/mol. The molecule has 1 saturated heterocycles. The van der Waals surface area contributed by atoms with Gasteiger partial charge in [0.05, 0.1) is 0 Å². The molecule has 1 heterocycles. The molecule has 0 bridgehead atoms. The first-order valence-corrected chi connectivity index (χ1v) is 6.86. The van der Waals surface area contributed by atoms with E-state index in [9.17, 15) is 0 Å². The molecule has 1 aliphatic carbocycles. The van der Waals surface area contributed by atoms with Crippen LogP contribution in [0.1, 0.15) is 31.9 Å². The van der Waals surface area contributed by atoms with Gasteiger partial charge in [-0.05, 0) is 56.6 Å². The first-order valence-electron chi connectivity index (χ1n) is 6.86. The molecule has 0 radical (unpaired) electrons. The Morgan fingerprint density at radius 2 is 1.41 bits per heavy atom. The Labute approximate surface area is 105 Å². The molecule has 0 N–H and O–H groups in total. The number of nitrogens with zero attached hydrogens (tertiary/aromatic N) is 1. The molecule has 0 spiro atoms. The van der Waals surface area contributed by atoms with Gasteiger partial charge in [-0.1, -0.05) is 24.3 Å². The molecule has 2 unspecified atom stereocenters. The van der Waals surface area contributed by atoms with Crippen molar-refractivity contribution in [1.82, 2.24) is 4.90 Å². The summed E-state index contributed by atoms with van der Waals surface area (Å²) in [5.41, 5.74) is 3.54. The third kappa shape index (κ3) is 2.01. The zero-order valence-electron chi connectivity index (χ0n) is 11.2. The van der Waals surface area contributed by atoms with E-state index in [-0.39, 0.29) is 0 Å². The highest BCUT2D eigenvalue weighted by Gasteiger charge is 2.39. The van der Waals surface area contributed by atoms with Crippen LogP contribution < -0.4 is 0 Å². The fraction of sp³-hybridized carbons (Fsp3) is 0.625. The highest BCUT2D eigenvalue weighted by atomic mass is 15.2. The van der Waals surface area contributed by atoms with Crippen molar-refractivity contribution in [3.63, 3.8) is 0 Å². The molecule has 17 heavy (non-hydrogen) atoms. The minimum absolute atomic E-state index is 0.337. The second kappa shape index (κ2) is 3.84. The van der Waals surface area contributed by atoms with Gasteiger partial charge in [0.25, 0.3) is 0 Å². The highest BCUT2D eigenvalue weighted by molar-refractivity contribution is 5.31. The maximum Gasteiger partial charge on any atom is 0.0125 e. The van der Waals surface area contributed by atoms with Gasteiger partial charge in [-0.3, -0.25) is 4.90 Å². The fourth-order valence-electron chi connectivity index (χ4n) is 3.47. The molecule has 1 aromatic carbocycles. The zero-order valence-corrected chi connectivity index (χ0v) is 11.2. The lowest BCUT2D eigenvalue weighted by molar-refractivity contribution is 0.165. The van der Waals surface area contributed by atoms with E-state index in [1.165, 1.54) is 25.9 Å². The van der Waals surface area contributed by atoms with Crippen molar-refractivity contribution in [3.8, 4) is 0 Å². The third-order valence-corrected chi connectivity index (χ3v) is 4.61. The number of hydrogen-bond donors (Lipinski definition) is 0. The molecule has 3 rings (SSSR count). The molecule has 0 aromatic heterocycles. The van der Waals surface area contributed by atoms with E-state index in [1.807, 2.05) is 0 Å². The van der Waals surface area contributed by atoms with Crippen molar-refractivity contribution >= 4 is 0 Å². The average molecular weight is 229 g/mol. The molecule has 2 atom stereocenters. The van der Waals surface area contributed by atoms with Crippen LogP contribution in [-0.4, -0.2) is 23.5 Å². The van der Waals surface area contributed by atoms with Crippen LogP contribution in [0, 0.1) is 11.8 Å². The number of benzene rings is 1. The number of likely N-dealkylation sites (tertiary alicyclic amines) is 1. The van der Waals surface area contributed by atoms with Gasteiger partial charge in [0, 0.05) is 18.6 Å². The van der Waals surface area contributed by atoms with E-state index in [1.54, 1.807) is 11.1 Å². The standard InChI is InChI=1S/C16H23N/c1-16(2,3)17-10-14-8-12-6-4-5-7-13(12)9-15(14)11-17/h4-7,14-15H,8-11H2,1-3H3. The Kier molecular flexibility index (Phi) is 2.55. The van der Waals surface area contributed by atoms with Gasteiger partial charge < -0.3 is 0 Å². The maximum atomic E-state index is 2.67. The first-order chi connectivity index (χ1) is 8.04. The summed E-state index contributed by atoms with van der Waals surface area (Å²) in [5, 5.41) is 0. The SMILES string of the molecule is CC(C)(C)N1CC2Cc3ccccc3CC2C1. The lowest BCUT2D eigenvalue weighted by Gasteiger charge is -2.31. The molecule has 2 aliphatic rings. The van der Waals surface area contributed by atoms with E-state index in [0.29, 0.717) is 5.54 Å². The normalized spacial score (nSPS) is 28.9. The van der Waals surface area contributed by atoms with Crippen LogP contribution in [0.15, 0.2) is 24.3 Å². The van der Waals surface area contributed by atoms with Gasteiger partial charge in [0.1, 0.15) is 0 Å². The number of rotatable bonds is 0. The molecule has 1 fully saturated rings. The maximum absolute atomic E-state index is 2.67. The number of fused-ring (bicyclic) bond motifs is 2. The van der Waals surface area contributed by atoms with Crippen molar-refractivity contribution in [3.05, 3.63) is 35.4 Å². The lowest BCUT2D eigenvalue weighted by atomic mass is 9.78. The average Bonchev–Trinajstić information content (AvgIpc) is 2.68. The van der Waals surface area contributed by atoms with Crippen molar-refractivity contribution in [2.45, 2.75) is 39.2 Å². The van der Waals surface area contributed by atoms with Gasteiger partial charge in [-0.2, -0.15) is 0 Å². The van der Waals surface area contributed by atoms with Crippen LogP contribution >= 0.6 is 0 Å². The molecule has 1 aromatic rings. The van der Waals surface area contributed by atoms with Gasteiger partial charge in [-0.15, -0.1) is 0 Å². The van der Waals surface area contributed by atoms with E-state index in [4.69, 9.17) is 0 Å². The Hall–Kier alpha value is -0.820. The van der Waals surface area contributed by atoms with Gasteiger partial charge >= 0.3 is 0 Å². The smallest absolute Gasteiger partial charge is 0.0125 e. The van der Waals surface area contributed by atoms with Crippen molar-refractivity contribution < 1.29 is 0 Å². The molecule has 1 aliphatic heterocycles. The van der Waals surface area contributed by atoms with Crippen LogP contribution in [0.2, 0.25) is 0 Å². The first kappa shape index (κ1) is 11.3. The molecule has 0 saturated carbocycles. The van der Waals surface area contributed by atoms with Crippen LogP contribution in [-0.2, 0) is 12.8 Å². The van der Waals surface area contributed by atoms with E-state index in [2.05, 4.69) is 49.9 Å². The second-order valence-corrected chi connectivity index (χ2v) is 6.77. The Balaban J connectivity index is 1.81. The Morgan fingerprint density at radius 1 is 0.941 bits per heavy atom. The van der Waals surface area contributed by atoms with Crippen LogP contribution in [0.4, 0.5) is 0 Å². The molecular formula is C16H23N. The largest absolute Gasteiger partial charge is 0.298 e. The fourth-order valence-corrected chi connectivity index (χ4v) is 3.47. The summed E-state index contributed by atoms with van der Waals surface area (Å²) >= 11 is 0. The molecular weight excluding hydrogens is 206 g/mol. The second-order valence-electron chi connectivity index (χ2n) is 6.77. The molecule has 1 heteroatoms. The van der Waals surface area contributed by atoms with Crippen molar-refractivity contribution in [2.24, 2.45) is 11.8 Å². The van der Waals surface area contributed by atoms with E-state index >= 15 is 0 Å². The predicted octanol–water partition coefficient (Wildman–Crippen LogP) is 3.13. The molecule has 1 nitrogen and oxygen atoms in total.